The Bertz CT molecular complexity index is 1030. The minimum absolute atomic E-state index is 0.0950. The molecule has 0 amide bonds. The molecule has 37 heavy (non-hydrogen) atoms. The molecule has 0 radical (unpaired) electrons. The summed E-state index contributed by atoms with van der Waals surface area (Å²) in [5, 5.41) is 8.60. The fourth-order valence-corrected chi connectivity index (χ4v) is 4.91. The first-order valence-corrected chi connectivity index (χ1v) is 12.5. The number of benzene rings is 1. The number of carboxylic acids is 1. The van der Waals surface area contributed by atoms with Gasteiger partial charge in [-0.3, -0.25) is 4.90 Å². The van der Waals surface area contributed by atoms with Gasteiger partial charge in [-0.25, -0.2) is 9.78 Å². The summed E-state index contributed by atoms with van der Waals surface area (Å²) in [7, 11) is 1.81. The van der Waals surface area contributed by atoms with Gasteiger partial charge in [0.2, 0.25) is 0 Å². The number of aliphatic carboxylic acids is 1. The molecule has 12 heteroatoms. The average molecular weight is 564 g/mol. The van der Waals surface area contributed by atoms with Crippen LogP contribution in [0.15, 0.2) is 42.6 Å². The first-order chi connectivity index (χ1) is 17.5. The number of morpholine rings is 1. The molecule has 1 aromatic carbocycles. The van der Waals surface area contributed by atoms with Gasteiger partial charge in [-0.15, -0.1) is 0 Å². The van der Waals surface area contributed by atoms with Crippen LogP contribution in [0.25, 0.3) is 0 Å². The summed E-state index contributed by atoms with van der Waals surface area (Å²) >= 11 is 12.2. The van der Waals surface area contributed by atoms with E-state index >= 15 is 0 Å². The van der Waals surface area contributed by atoms with Crippen LogP contribution in [-0.4, -0.2) is 84.8 Å². The Morgan fingerprint density at radius 2 is 1.86 bits per heavy atom. The standard InChI is InChI=1S/C23H29Cl2N3O2.C2HF3O2/c1-16-13-28(20(15-30-16)11-17-3-5-18(24)6-4-17)21-8-10-27(14-22(21)29-2)23-12-19(25)7-9-26-23;3-2(4,5)1(6)7/h3-7,9,12,16,20-22H,8,10-11,13-15H2,1-2H3;(H,6,7)/t16-,20-,21-,22-;/m0./s1. The van der Waals surface area contributed by atoms with Gasteiger partial charge in [-0.05, 0) is 49.6 Å². The van der Waals surface area contributed by atoms with Crippen LogP contribution in [-0.2, 0) is 20.7 Å². The van der Waals surface area contributed by atoms with Crippen molar-refractivity contribution in [1.29, 1.82) is 0 Å². The maximum Gasteiger partial charge on any atom is 0.490 e. The van der Waals surface area contributed by atoms with Gasteiger partial charge >= 0.3 is 12.1 Å². The van der Waals surface area contributed by atoms with Crippen LogP contribution in [0.3, 0.4) is 0 Å². The van der Waals surface area contributed by atoms with E-state index in [1.165, 1.54) is 5.56 Å². The van der Waals surface area contributed by atoms with E-state index in [-0.39, 0.29) is 12.2 Å². The second kappa shape index (κ2) is 13.1. The van der Waals surface area contributed by atoms with Crippen molar-refractivity contribution in [1.82, 2.24) is 9.88 Å². The van der Waals surface area contributed by atoms with Crippen molar-refractivity contribution in [3.8, 4) is 0 Å². The summed E-state index contributed by atoms with van der Waals surface area (Å²) in [5.41, 5.74) is 1.28. The molecule has 2 aromatic rings. The number of nitrogens with zero attached hydrogens (tertiary/aromatic N) is 3. The van der Waals surface area contributed by atoms with Crippen LogP contribution in [0.5, 0.6) is 0 Å². The van der Waals surface area contributed by atoms with E-state index in [9.17, 15) is 13.2 Å². The van der Waals surface area contributed by atoms with Crippen LogP contribution >= 0.6 is 23.2 Å². The Hall–Kier alpha value is -2.11. The number of carboxylic acid groups (broad SMARTS) is 1. The zero-order valence-electron chi connectivity index (χ0n) is 20.5. The number of pyridine rings is 1. The van der Waals surface area contributed by atoms with Crippen LogP contribution in [0.4, 0.5) is 19.0 Å². The number of hydrogen-bond acceptors (Lipinski definition) is 6. The van der Waals surface area contributed by atoms with Crippen molar-refractivity contribution in [3.63, 3.8) is 0 Å². The Kier molecular flexibility index (Phi) is 10.4. The van der Waals surface area contributed by atoms with Gasteiger partial charge in [0, 0.05) is 55.1 Å². The lowest BCUT2D eigenvalue weighted by atomic mass is 9.94. The fraction of sp³-hybridized carbons (Fsp3) is 0.520. The lowest BCUT2D eigenvalue weighted by Crippen LogP contribution is -2.62. The predicted octanol–water partition coefficient (Wildman–Crippen LogP) is 4.95. The molecule has 2 aliphatic heterocycles. The van der Waals surface area contributed by atoms with E-state index < -0.39 is 12.1 Å². The van der Waals surface area contributed by atoms with Gasteiger partial charge in [-0.2, -0.15) is 13.2 Å². The third-order valence-electron chi connectivity index (χ3n) is 6.42. The zero-order chi connectivity index (χ0) is 27.2. The number of alkyl halides is 3. The maximum atomic E-state index is 10.6. The van der Waals surface area contributed by atoms with Crippen LogP contribution in [0, 0.1) is 0 Å². The van der Waals surface area contributed by atoms with Crippen LogP contribution in [0.1, 0.15) is 18.9 Å². The highest BCUT2D eigenvalue weighted by Crippen LogP contribution is 2.29. The van der Waals surface area contributed by atoms with Crippen molar-refractivity contribution in [2.75, 3.05) is 38.3 Å². The Morgan fingerprint density at radius 1 is 1.19 bits per heavy atom. The molecular formula is C25H30Cl2F3N3O4. The summed E-state index contributed by atoms with van der Waals surface area (Å²) < 4.78 is 43.8. The van der Waals surface area contributed by atoms with E-state index in [0.29, 0.717) is 17.1 Å². The minimum atomic E-state index is -5.08. The van der Waals surface area contributed by atoms with E-state index in [1.807, 2.05) is 31.4 Å². The molecule has 1 aromatic heterocycles. The highest BCUT2D eigenvalue weighted by molar-refractivity contribution is 6.31. The second-order valence-corrected chi connectivity index (χ2v) is 9.91. The third-order valence-corrected chi connectivity index (χ3v) is 6.91. The predicted molar refractivity (Wildman–Crippen MR) is 135 cm³/mol. The summed E-state index contributed by atoms with van der Waals surface area (Å²) in [4.78, 5) is 18.3. The molecule has 2 aliphatic rings. The minimum Gasteiger partial charge on any atom is -0.475 e. The zero-order valence-corrected chi connectivity index (χ0v) is 22.0. The number of methoxy groups -OCH3 is 1. The van der Waals surface area contributed by atoms with Crippen molar-refractivity contribution < 1.29 is 32.5 Å². The second-order valence-electron chi connectivity index (χ2n) is 9.04. The molecular weight excluding hydrogens is 534 g/mol. The number of ether oxygens (including phenoxy) is 2. The first kappa shape index (κ1) is 29.4. The van der Waals surface area contributed by atoms with Gasteiger partial charge in [0.1, 0.15) is 5.82 Å². The molecule has 7 nitrogen and oxygen atoms in total. The molecule has 0 spiro atoms. The Balaban J connectivity index is 0.000000479. The highest BCUT2D eigenvalue weighted by atomic mass is 35.5. The summed E-state index contributed by atoms with van der Waals surface area (Å²) in [6, 6.07) is 12.5. The van der Waals surface area contributed by atoms with Gasteiger partial charge < -0.3 is 19.5 Å². The molecule has 2 saturated heterocycles. The SMILES string of the molecule is CO[C@H]1CN(c2cc(Cl)ccn2)CC[C@@H]1N1C[C@H](C)OC[C@@H]1Cc1ccc(Cl)cc1.O=C(O)C(F)(F)F. The van der Waals surface area contributed by atoms with Crippen molar-refractivity contribution in [2.45, 2.75) is 50.2 Å². The molecule has 2 fully saturated rings. The molecule has 4 atom stereocenters. The van der Waals surface area contributed by atoms with Gasteiger partial charge in [0.05, 0.1) is 18.8 Å². The molecule has 0 aliphatic carbocycles. The van der Waals surface area contributed by atoms with E-state index in [4.69, 9.17) is 42.6 Å². The average Bonchev–Trinajstić information content (AvgIpc) is 2.86. The normalized spacial score (nSPS) is 24.8. The number of piperidine rings is 1. The number of halogens is 5. The van der Waals surface area contributed by atoms with Crippen molar-refractivity contribution in [2.24, 2.45) is 0 Å². The molecule has 0 saturated carbocycles. The highest BCUT2D eigenvalue weighted by Gasteiger charge is 2.40. The van der Waals surface area contributed by atoms with Crippen molar-refractivity contribution in [3.05, 3.63) is 58.2 Å². The first-order valence-electron chi connectivity index (χ1n) is 11.8. The monoisotopic (exact) mass is 563 g/mol. The smallest absolute Gasteiger partial charge is 0.475 e. The summed E-state index contributed by atoms with van der Waals surface area (Å²) in [5.74, 6) is -1.84. The van der Waals surface area contributed by atoms with Crippen molar-refractivity contribution >= 4 is 35.0 Å². The molecule has 3 heterocycles. The topological polar surface area (TPSA) is 75.1 Å². The molecule has 4 rings (SSSR count). The summed E-state index contributed by atoms with van der Waals surface area (Å²) in [6.07, 6.45) is -1.06. The quantitative estimate of drug-likeness (QED) is 0.551. The number of rotatable bonds is 5. The van der Waals surface area contributed by atoms with Crippen LogP contribution < -0.4 is 4.90 Å². The number of anilines is 1. The number of carbonyl (C=O) groups is 1. The van der Waals surface area contributed by atoms with Gasteiger partial charge in [-0.1, -0.05) is 35.3 Å². The lowest BCUT2D eigenvalue weighted by molar-refractivity contribution is -0.192. The Morgan fingerprint density at radius 3 is 2.46 bits per heavy atom. The molecule has 204 valence electrons. The lowest BCUT2D eigenvalue weighted by Gasteiger charge is -2.49. The van der Waals surface area contributed by atoms with E-state index in [2.05, 4.69) is 33.8 Å². The Labute approximate surface area is 224 Å². The summed E-state index contributed by atoms with van der Waals surface area (Å²) in [6.45, 7) is 5.53. The van der Waals surface area contributed by atoms with Crippen LogP contribution in [0.2, 0.25) is 10.0 Å². The number of hydrogen-bond donors (Lipinski definition) is 1. The third kappa shape index (κ3) is 8.44. The molecule has 1 N–H and O–H groups in total. The molecule has 0 unspecified atom stereocenters. The van der Waals surface area contributed by atoms with Gasteiger partial charge in [0.25, 0.3) is 0 Å². The number of aromatic nitrogens is 1. The largest absolute Gasteiger partial charge is 0.490 e. The van der Waals surface area contributed by atoms with E-state index in [1.54, 1.807) is 6.20 Å². The fourth-order valence-electron chi connectivity index (χ4n) is 4.63. The molecule has 0 bridgehead atoms. The van der Waals surface area contributed by atoms with E-state index in [0.717, 1.165) is 49.9 Å². The van der Waals surface area contributed by atoms with Gasteiger partial charge in [0.15, 0.2) is 0 Å². The maximum absolute atomic E-state index is 10.6.